The van der Waals surface area contributed by atoms with E-state index in [1.807, 2.05) is 0 Å². The summed E-state index contributed by atoms with van der Waals surface area (Å²) in [7, 11) is -1.10. The van der Waals surface area contributed by atoms with Gasteiger partial charge in [0.2, 0.25) is 0 Å². The highest BCUT2D eigenvalue weighted by atomic mass is 31.1. The fraction of sp³-hybridized carbons (Fsp3) is 0.314. The lowest BCUT2D eigenvalue weighted by atomic mass is 9.64. The van der Waals surface area contributed by atoms with Crippen LogP contribution in [-0.4, -0.2) is 11.3 Å². The van der Waals surface area contributed by atoms with E-state index in [1.54, 1.807) is 0 Å². The van der Waals surface area contributed by atoms with Crippen molar-refractivity contribution < 1.29 is 0 Å². The molecule has 0 aliphatic rings. The molecular formula is C35H42P2. The summed E-state index contributed by atoms with van der Waals surface area (Å²) in [6, 6.07) is 45.3. The Kier molecular flexibility index (Phi) is 9.40. The first kappa shape index (κ1) is 27.8. The highest BCUT2D eigenvalue weighted by Gasteiger charge is 2.51. The van der Waals surface area contributed by atoms with Gasteiger partial charge in [-0.3, -0.25) is 0 Å². The minimum Gasteiger partial charge on any atom is -0.0622 e. The van der Waals surface area contributed by atoms with E-state index in [1.165, 1.54) is 21.2 Å². The van der Waals surface area contributed by atoms with Crippen LogP contribution in [-0.2, 0) is 0 Å². The van der Waals surface area contributed by atoms with Gasteiger partial charge in [-0.1, -0.05) is 163 Å². The molecule has 4 aromatic carbocycles. The lowest BCUT2D eigenvalue weighted by Crippen LogP contribution is -2.52. The summed E-state index contributed by atoms with van der Waals surface area (Å²) in [6.45, 7) is 15.1. The summed E-state index contributed by atoms with van der Waals surface area (Å²) in [5, 5.41) is 5.94. The van der Waals surface area contributed by atoms with Gasteiger partial charge in [0, 0.05) is 0 Å². The van der Waals surface area contributed by atoms with Crippen LogP contribution in [0.15, 0.2) is 121 Å². The Morgan fingerprint density at radius 1 is 0.378 bits per heavy atom. The van der Waals surface area contributed by atoms with E-state index >= 15 is 0 Å². The zero-order chi connectivity index (χ0) is 26.4. The molecule has 0 saturated carbocycles. The fourth-order valence-corrected chi connectivity index (χ4v) is 13.9. The summed E-state index contributed by atoms with van der Waals surface area (Å²) < 4.78 is 0. The predicted molar refractivity (Wildman–Crippen MR) is 169 cm³/mol. The van der Waals surface area contributed by atoms with E-state index in [2.05, 4.69) is 163 Å². The second-order valence-corrected chi connectivity index (χ2v) is 15.8. The van der Waals surface area contributed by atoms with Crippen LogP contribution in [0.3, 0.4) is 0 Å². The third kappa shape index (κ3) is 5.62. The van der Waals surface area contributed by atoms with Gasteiger partial charge in [-0.2, -0.15) is 0 Å². The Morgan fingerprint density at radius 3 is 0.784 bits per heavy atom. The van der Waals surface area contributed by atoms with Crippen molar-refractivity contribution in [3.8, 4) is 0 Å². The molecule has 0 bridgehead atoms. The number of benzene rings is 4. The Bertz CT molecular complexity index is 1030. The molecule has 0 fully saturated rings. The topological polar surface area (TPSA) is 0 Å². The van der Waals surface area contributed by atoms with E-state index in [0.717, 1.165) is 0 Å². The maximum Gasteiger partial charge on any atom is -0.00895 e. The molecule has 192 valence electrons. The third-order valence-electron chi connectivity index (χ3n) is 8.36. The van der Waals surface area contributed by atoms with Gasteiger partial charge in [0.05, 0.1) is 0 Å². The Labute approximate surface area is 228 Å². The third-order valence-corrected chi connectivity index (χ3v) is 14.2. The van der Waals surface area contributed by atoms with Crippen molar-refractivity contribution >= 4 is 37.1 Å². The van der Waals surface area contributed by atoms with Crippen LogP contribution in [0.2, 0.25) is 0 Å². The molecule has 0 N–H and O–H groups in total. The number of rotatable bonds is 10. The maximum atomic E-state index is 2.58. The molecule has 4 aromatic rings. The lowest BCUT2D eigenvalue weighted by molar-refractivity contribution is 0.111. The highest BCUT2D eigenvalue weighted by molar-refractivity contribution is 7.74. The predicted octanol–water partition coefficient (Wildman–Crippen LogP) is 8.33. The Balaban J connectivity index is 1.93. The standard InChI is InChI=1S/C35H42P2/c1-27(2)35(28(3)4,29(5)36(31-19-11-7-12-20-31)32-21-13-8-14-22-32)30(6)37(33-23-15-9-16-24-33)34-25-17-10-18-26-34/h7-30H,1-6H3. The molecule has 0 aromatic heterocycles. The smallest absolute Gasteiger partial charge is 0.00895 e. The molecule has 0 amide bonds. The van der Waals surface area contributed by atoms with Crippen molar-refractivity contribution in [2.24, 2.45) is 17.3 Å². The van der Waals surface area contributed by atoms with Crippen molar-refractivity contribution in [2.75, 3.05) is 0 Å². The largest absolute Gasteiger partial charge is 0.0622 e. The maximum absolute atomic E-state index is 2.58. The molecule has 0 saturated heterocycles. The van der Waals surface area contributed by atoms with Gasteiger partial charge in [0.25, 0.3) is 0 Å². The molecule has 0 aliphatic heterocycles. The first-order chi connectivity index (χ1) is 17.9. The summed E-state index contributed by atoms with van der Waals surface area (Å²) in [5.41, 5.74) is 1.13. The van der Waals surface area contributed by atoms with E-state index in [0.29, 0.717) is 23.2 Å². The quantitative estimate of drug-likeness (QED) is 0.183. The molecule has 2 atom stereocenters. The minimum absolute atomic E-state index is 0.134. The number of hydrogen-bond acceptors (Lipinski definition) is 0. The van der Waals surface area contributed by atoms with Crippen molar-refractivity contribution in [1.29, 1.82) is 0 Å². The van der Waals surface area contributed by atoms with E-state index in [9.17, 15) is 0 Å². The normalized spacial score (nSPS) is 13.9. The zero-order valence-corrected chi connectivity index (χ0v) is 25.0. The molecule has 2 unspecified atom stereocenters. The molecule has 0 nitrogen and oxygen atoms in total. The van der Waals surface area contributed by atoms with Gasteiger partial charge >= 0.3 is 0 Å². The first-order valence-corrected chi connectivity index (χ1v) is 16.5. The van der Waals surface area contributed by atoms with Crippen molar-refractivity contribution in [2.45, 2.75) is 52.9 Å². The van der Waals surface area contributed by atoms with Gasteiger partial charge in [-0.25, -0.2) is 0 Å². The average molecular weight is 525 g/mol. The minimum atomic E-state index is -0.550. The zero-order valence-electron chi connectivity index (χ0n) is 23.3. The summed E-state index contributed by atoms with van der Waals surface area (Å²) in [6.07, 6.45) is 0. The van der Waals surface area contributed by atoms with E-state index in [-0.39, 0.29) is 5.41 Å². The van der Waals surface area contributed by atoms with Crippen LogP contribution in [0.5, 0.6) is 0 Å². The Hall–Kier alpha value is -2.26. The van der Waals surface area contributed by atoms with Crippen LogP contribution in [0.1, 0.15) is 41.5 Å². The van der Waals surface area contributed by atoms with Gasteiger partial charge < -0.3 is 0 Å². The van der Waals surface area contributed by atoms with E-state index < -0.39 is 15.8 Å². The molecular weight excluding hydrogens is 482 g/mol. The van der Waals surface area contributed by atoms with Crippen molar-refractivity contribution in [1.82, 2.24) is 0 Å². The van der Waals surface area contributed by atoms with Crippen LogP contribution >= 0.6 is 15.8 Å². The molecule has 0 aliphatic carbocycles. The second-order valence-electron chi connectivity index (χ2n) is 10.7. The van der Waals surface area contributed by atoms with Crippen LogP contribution in [0.25, 0.3) is 0 Å². The van der Waals surface area contributed by atoms with Gasteiger partial charge in [0.1, 0.15) is 0 Å². The molecule has 2 heteroatoms. The van der Waals surface area contributed by atoms with Gasteiger partial charge in [-0.15, -0.1) is 0 Å². The van der Waals surface area contributed by atoms with Crippen LogP contribution in [0, 0.1) is 17.3 Å². The molecule has 0 spiro atoms. The van der Waals surface area contributed by atoms with Crippen LogP contribution < -0.4 is 21.2 Å². The highest BCUT2D eigenvalue weighted by Crippen LogP contribution is 2.62. The molecule has 0 radical (unpaired) electrons. The molecule has 0 heterocycles. The van der Waals surface area contributed by atoms with Gasteiger partial charge in [0.15, 0.2) is 0 Å². The van der Waals surface area contributed by atoms with Crippen molar-refractivity contribution in [3.63, 3.8) is 0 Å². The van der Waals surface area contributed by atoms with Gasteiger partial charge in [-0.05, 0) is 65.6 Å². The molecule has 4 rings (SSSR count). The lowest BCUT2D eigenvalue weighted by Gasteiger charge is -2.55. The molecule has 37 heavy (non-hydrogen) atoms. The summed E-state index contributed by atoms with van der Waals surface area (Å²) in [5.74, 6) is 1.07. The summed E-state index contributed by atoms with van der Waals surface area (Å²) in [4.78, 5) is 0. The van der Waals surface area contributed by atoms with E-state index in [4.69, 9.17) is 0 Å². The number of hydrogen-bond donors (Lipinski definition) is 0. The van der Waals surface area contributed by atoms with Crippen LogP contribution in [0.4, 0.5) is 0 Å². The first-order valence-electron chi connectivity index (χ1n) is 13.7. The Morgan fingerprint density at radius 2 is 0.595 bits per heavy atom. The monoisotopic (exact) mass is 524 g/mol. The second kappa shape index (κ2) is 12.5. The van der Waals surface area contributed by atoms with Crippen molar-refractivity contribution in [3.05, 3.63) is 121 Å². The fourth-order valence-electron chi connectivity index (χ4n) is 6.94. The SMILES string of the molecule is CC(C)C(C(C)C)(C(C)P(c1ccccc1)c1ccccc1)C(C)P(c1ccccc1)c1ccccc1. The average Bonchev–Trinajstić information content (AvgIpc) is 2.91. The summed E-state index contributed by atoms with van der Waals surface area (Å²) >= 11 is 0.